The summed E-state index contributed by atoms with van der Waals surface area (Å²) in [4.78, 5) is 2.37. The first-order valence-corrected chi connectivity index (χ1v) is 16.3. The quantitative estimate of drug-likeness (QED) is 0.185. The Labute approximate surface area is 279 Å². The highest BCUT2D eigenvalue weighted by Gasteiger charge is 2.20. The summed E-state index contributed by atoms with van der Waals surface area (Å²) in [7, 11) is 0. The van der Waals surface area contributed by atoms with E-state index in [2.05, 4.69) is 193 Å². The fraction of sp³-hybridized carbons (Fsp3) is 0. The van der Waals surface area contributed by atoms with E-state index in [0.717, 1.165) is 50.1 Å². The predicted molar refractivity (Wildman–Crippen MR) is 202 cm³/mol. The number of para-hydroxylation sites is 1. The van der Waals surface area contributed by atoms with Gasteiger partial charge in [-0.25, -0.2) is 0 Å². The molecule has 226 valence electrons. The molecule has 9 rings (SSSR count). The molecule has 9 aromatic rings. The lowest BCUT2D eigenvalue weighted by atomic mass is 9.96. The number of anilines is 3. The van der Waals surface area contributed by atoms with E-state index in [4.69, 9.17) is 4.42 Å². The van der Waals surface area contributed by atoms with Crippen molar-refractivity contribution in [2.75, 3.05) is 4.90 Å². The minimum absolute atomic E-state index is 0.888. The highest BCUT2D eigenvalue weighted by molar-refractivity contribution is 6.16. The standard InChI is InChI=1S/C46H31NO/c1-3-12-32(13-4-1)34-22-26-38(27-23-34)47(39-28-24-35(25-29-39)33-14-5-2-6-15-33)43-20-10-9-18-40(43)41-19-11-21-44-46(41)42-30-36-16-7-8-17-37(36)31-45(42)48-44/h1-31H. The summed E-state index contributed by atoms with van der Waals surface area (Å²) in [5.74, 6) is 0. The lowest BCUT2D eigenvalue weighted by Crippen LogP contribution is -2.11. The maximum Gasteiger partial charge on any atom is 0.136 e. The van der Waals surface area contributed by atoms with E-state index >= 15 is 0 Å². The van der Waals surface area contributed by atoms with E-state index < -0.39 is 0 Å². The molecule has 2 heteroatoms. The lowest BCUT2D eigenvalue weighted by Gasteiger charge is -2.28. The van der Waals surface area contributed by atoms with Crippen LogP contribution in [0.5, 0.6) is 0 Å². The van der Waals surface area contributed by atoms with Crippen molar-refractivity contribution in [3.8, 4) is 33.4 Å². The molecule has 0 N–H and O–H groups in total. The largest absolute Gasteiger partial charge is 0.456 e. The molecule has 0 aliphatic rings. The molecular weight excluding hydrogens is 583 g/mol. The van der Waals surface area contributed by atoms with Gasteiger partial charge in [0.05, 0.1) is 5.69 Å². The molecule has 0 aliphatic heterocycles. The van der Waals surface area contributed by atoms with Crippen LogP contribution in [-0.4, -0.2) is 0 Å². The van der Waals surface area contributed by atoms with Crippen molar-refractivity contribution in [1.29, 1.82) is 0 Å². The lowest BCUT2D eigenvalue weighted by molar-refractivity contribution is 0.669. The first-order valence-electron chi connectivity index (χ1n) is 16.3. The molecule has 0 amide bonds. The summed E-state index contributed by atoms with van der Waals surface area (Å²) in [5, 5.41) is 4.63. The molecular formula is C46H31NO. The van der Waals surface area contributed by atoms with E-state index in [1.807, 2.05) is 0 Å². The van der Waals surface area contributed by atoms with E-state index in [1.54, 1.807) is 0 Å². The molecule has 0 atom stereocenters. The number of fused-ring (bicyclic) bond motifs is 4. The van der Waals surface area contributed by atoms with Crippen molar-refractivity contribution in [1.82, 2.24) is 0 Å². The molecule has 0 unspecified atom stereocenters. The van der Waals surface area contributed by atoms with Gasteiger partial charge in [-0.2, -0.15) is 0 Å². The zero-order valence-corrected chi connectivity index (χ0v) is 26.3. The zero-order valence-electron chi connectivity index (χ0n) is 26.3. The molecule has 0 bridgehead atoms. The van der Waals surface area contributed by atoms with Gasteiger partial charge in [-0.3, -0.25) is 0 Å². The highest BCUT2D eigenvalue weighted by atomic mass is 16.3. The Morgan fingerprint density at radius 1 is 0.354 bits per heavy atom. The van der Waals surface area contributed by atoms with Gasteiger partial charge in [-0.1, -0.05) is 140 Å². The molecule has 48 heavy (non-hydrogen) atoms. The van der Waals surface area contributed by atoms with Crippen LogP contribution in [0.4, 0.5) is 17.1 Å². The normalized spacial score (nSPS) is 11.3. The van der Waals surface area contributed by atoms with Crippen LogP contribution in [-0.2, 0) is 0 Å². The molecule has 0 saturated carbocycles. The Morgan fingerprint density at radius 3 is 1.48 bits per heavy atom. The molecule has 0 radical (unpaired) electrons. The average molecular weight is 614 g/mol. The number of furan rings is 1. The first kappa shape index (κ1) is 27.9. The minimum Gasteiger partial charge on any atom is -0.456 e. The second-order valence-electron chi connectivity index (χ2n) is 12.2. The Morgan fingerprint density at radius 2 is 0.854 bits per heavy atom. The Bertz CT molecular complexity index is 2450. The van der Waals surface area contributed by atoms with E-state index in [9.17, 15) is 0 Å². The highest BCUT2D eigenvalue weighted by Crippen LogP contribution is 2.45. The van der Waals surface area contributed by atoms with Gasteiger partial charge in [0.2, 0.25) is 0 Å². The van der Waals surface area contributed by atoms with E-state index in [-0.39, 0.29) is 0 Å². The molecule has 0 fully saturated rings. The summed E-state index contributed by atoms with van der Waals surface area (Å²) in [6.07, 6.45) is 0. The Hall–Kier alpha value is -6.38. The zero-order chi connectivity index (χ0) is 31.9. The third kappa shape index (κ3) is 4.92. The van der Waals surface area contributed by atoms with Gasteiger partial charge in [-0.15, -0.1) is 0 Å². The number of benzene rings is 8. The molecule has 0 aliphatic carbocycles. The molecule has 8 aromatic carbocycles. The average Bonchev–Trinajstić information content (AvgIpc) is 3.53. The topological polar surface area (TPSA) is 16.4 Å². The van der Waals surface area contributed by atoms with Gasteiger partial charge in [0.25, 0.3) is 0 Å². The molecule has 2 nitrogen and oxygen atoms in total. The van der Waals surface area contributed by atoms with Gasteiger partial charge >= 0.3 is 0 Å². The van der Waals surface area contributed by atoms with Crippen molar-refractivity contribution in [3.63, 3.8) is 0 Å². The van der Waals surface area contributed by atoms with Crippen LogP contribution in [0, 0.1) is 0 Å². The van der Waals surface area contributed by atoms with Crippen LogP contribution >= 0.6 is 0 Å². The summed E-state index contributed by atoms with van der Waals surface area (Å²) in [5.41, 5.74) is 12.1. The number of nitrogens with zero attached hydrogens (tertiary/aromatic N) is 1. The molecule has 0 saturated heterocycles. The molecule has 0 spiro atoms. The van der Waals surface area contributed by atoms with Gasteiger partial charge in [0.1, 0.15) is 11.2 Å². The Kier molecular flexibility index (Phi) is 6.84. The summed E-state index contributed by atoms with van der Waals surface area (Å²) < 4.78 is 6.49. The van der Waals surface area contributed by atoms with Crippen molar-refractivity contribution in [3.05, 3.63) is 188 Å². The number of hydrogen-bond donors (Lipinski definition) is 0. The molecule has 1 aromatic heterocycles. The first-order chi connectivity index (χ1) is 23.8. The summed E-state index contributed by atoms with van der Waals surface area (Å²) in [6, 6.07) is 66.9. The van der Waals surface area contributed by atoms with Crippen molar-refractivity contribution < 1.29 is 4.42 Å². The van der Waals surface area contributed by atoms with Gasteiger partial charge < -0.3 is 9.32 Å². The fourth-order valence-electron chi connectivity index (χ4n) is 6.93. The van der Waals surface area contributed by atoms with Crippen LogP contribution in [0.3, 0.4) is 0 Å². The van der Waals surface area contributed by atoms with Crippen LogP contribution in [0.2, 0.25) is 0 Å². The van der Waals surface area contributed by atoms with Crippen molar-refractivity contribution in [2.24, 2.45) is 0 Å². The van der Waals surface area contributed by atoms with E-state index in [0.29, 0.717) is 0 Å². The van der Waals surface area contributed by atoms with Crippen LogP contribution in [0.15, 0.2) is 192 Å². The number of rotatable bonds is 6. The van der Waals surface area contributed by atoms with Gasteiger partial charge in [0, 0.05) is 27.7 Å². The van der Waals surface area contributed by atoms with E-state index in [1.165, 1.54) is 33.0 Å². The van der Waals surface area contributed by atoms with Gasteiger partial charge in [0.15, 0.2) is 0 Å². The summed E-state index contributed by atoms with van der Waals surface area (Å²) >= 11 is 0. The third-order valence-electron chi connectivity index (χ3n) is 9.26. The Balaban J connectivity index is 1.24. The predicted octanol–water partition coefficient (Wildman–Crippen LogP) is 13.2. The van der Waals surface area contributed by atoms with Crippen molar-refractivity contribution >= 4 is 49.8 Å². The van der Waals surface area contributed by atoms with Gasteiger partial charge in [-0.05, 0) is 87.1 Å². The maximum absolute atomic E-state index is 6.49. The van der Waals surface area contributed by atoms with Crippen molar-refractivity contribution in [2.45, 2.75) is 0 Å². The smallest absolute Gasteiger partial charge is 0.136 e. The fourth-order valence-corrected chi connectivity index (χ4v) is 6.93. The minimum atomic E-state index is 0.888. The SMILES string of the molecule is c1ccc(-c2ccc(N(c3ccc(-c4ccccc4)cc3)c3ccccc3-c3cccc4oc5cc6ccccc6cc5c34)cc2)cc1. The second kappa shape index (κ2) is 11.8. The number of hydrogen-bond acceptors (Lipinski definition) is 2. The monoisotopic (exact) mass is 613 g/mol. The molecule has 1 heterocycles. The van der Waals surface area contributed by atoms with Crippen LogP contribution in [0.1, 0.15) is 0 Å². The summed E-state index contributed by atoms with van der Waals surface area (Å²) in [6.45, 7) is 0. The maximum atomic E-state index is 6.49. The second-order valence-corrected chi connectivity index (χ2v) is 12.2. The van der Waals surface area contributed by atoms with Crippen LogP contribution in [0.25, 0.3) is 66.1 Å². The third-order valence-corrected chi connectivity index (χ3v) is 9.26. The van der Waals surface area contributed by atoms with Crippen LogP contribution < -0.4 is 4.90 Å².